The van der Waals surface area contributed by atoms with Crippen molar-refractivity contribution in [3.05, 3.63) is 17.2 Å². The molecule has 0 bridgehead atoms. The summed E-state index contributed by atoms with van der Waals surface area (Å²) in [5, 5.41) is 3.89. The van der Waals surface area contributed by atoms with E-state index in [0.29, 0.717) is 18.2 Å². The maximum Gasteiger partial charge on any atom is 0.129 e. The van der Waals surface area contributed by atoms with Crippen molar-refractivity contribution in [3.63, 3.8) is 0 Å². The molecule has 4 nitrogen and oxygen atoms in total. The number of rotatable bonds is 5. The Morgan fingerprint density at radius 1 is 1.44 bits per heavy atom. The summed E-state index contributed by atoms with van der Waals surface area (Å²) in [6.45, 7) is 4.06. The smallest absolute Gasteiger partial charge is 0.129 e. The highest BCUT2D eigenvalue weighted by molar-refractivity contribution is 7.00. The van der Waals surface area contributed by atoms with Crippen LogP contribution in [0.5, 0.6) is 0 Å². The van der Waals surface area contributed by atoms with Crippen LogP contribution in [0.3, 0.4) is 0 Å². The first-order chi connectivity index (χ1) is 7.83. The lowest BCUT2D eigenvalue weighted by Gasteiger charge is -2.08. The summed E-state index contributed by atoms with van der Waals surface area (Å²) in [6, 6.07) is 3.70. The van der Waals surface area contributed by atoms with Crippen molar-refractivity contribution in [1.82, 2.24) is 8.75 Å². The molecule has 0 aliphatic rings. The first kappa shape index (κ1) is 11.6. The number of hydrogen-bond donors (Lipinski definition) is 1. The van der Waals surface area contributed by atoms with E-state index in [1.807, 2.05) is 19.1 Å². The van der Waals surface area contributed by atoms with E-state index in [-0.39, 0.29) is 0 Å². The van der Waals surface area contributed by atoms with Crippen LogP contribution in [-0.4, -0.2) is 28.5 Å². The molecule has 0 fully saturated rings. The monoisotopic (exact) mass is 257 g/mol. The Labute approximate surface area is 103 Å². The number of fused-ring (bicyclic) bond motifs is 1. The van der Waals surface area contributed by atoms with E-state index in [4.69, 9.17) is 16.3 Å². The van der Waals surface area contributed by atoms with Crippen LogP contribution in [-0.2, 0) is 4.74 Å². The molecule has 0 atom stereocenters. The normalized spacial score (nSPS) is 10.9. The fourth-order valence-corrected chi connectivity index (χ4v) is 2.15. The molecule has 1 aromatic carbocycles. The summed E-state index contributed by atoms with van der Waals surface area (Å²) in [5.41, 5.74) is 2.54. The fourth-order valence-electron chi connectivity index (χ4n) is 1.39. The molecule has 0 saturated carbocycles. The third kappa shape index (κ3) is 2.42. The maximum absolute atomic E-state index is 6.11. The van der Waals surface area contributed by atoms with Crippen molar-refractivity contribution in [3.8, 4) is 0 Å². The quantitative estimate of drug-likeness (QED) is 0.837. The minimum Gasteiger partial charge on any atom is -0.380 e. The minimum atomic E-state index is 0.654. The highest BCUT2D eigenvalue weighted by atomic mass is 35.5. The number of anilines is 1. The van der Waals surface area contributed by atoms with Gasteiger partial charge in [-0.15, -0.1) is 0 Å². The number of benzene rings is 1. The first-order valence-corrected chi connectivity index (χ1v) is 6.16. The molecule has 2 aromatic rings. The Bertz CT molecular complexity index is 474. The van der Waals surface area contributed by atoms with Crippen LogP contribution < -0.4 is 5.32 Å². The van der Waals surface area contributed by atoms with E-state index < -0.39 is 0 Å². The zero-order chi connectivity index (χ0) is 11.4. The van der Waals surface area contributed by atoms with Gasteiger partial charge in [-0.1, -0.05) is 11.6 Å². The van der Waals surface area contributed by atoms with Gasteiger partial charge in [-0.25, -0.2) is 0 Å². The second-order valence-electron chi connectivity index (χ2n) is 3.18. The van der Waals surface area contributed by atoms with E-state index in [2.05, 4.69) is 14.1 Å². The number of nitrogens with zero attached hydrogens (tertiary/aromatic N) is 2. The molecular weight excluding hydrogens is 246 g/mol. The minimum absolute atomic E-state index is 0.654. The van der Waals surface area contributed by atoms with Gasteiger partial charge in [-0.05, 0) is 19.1 Å². The van der Waals surface area contributed by atoms with Gasteiger partial charge in [-0.2, -0.15) is 8.75 Å². The highest BCUT2D eigenvalue weighted by Gasteiger charge is 2.08. The van der Waals surface area contributed by atoms with Crippen LogP contribution in [0.4, 0.5) is 5.69 Å². The van der Waals surface area contributed by atoms with Crippen molar-refractivity contribution in [2.24, 2.45) is 0 Å². The largest absolute Gasteiger partial charge is 0.380 e. The Morgan fingerprint density at radius 3 is 3.12 bits per heavy atom. The molecule has 1 N–H and O–H groups in total. The fraction of sp³-hybridized carbons (Fsp3) is 0.400. The molecule has 6 heteroatoms. The van der Waals surface area contributed by atoms with E-state index in [1.165, 1.54) is 11.7 Å². The number of halogens is 1. The SMILES string of the molecule is CCOCCNc1c(Cl)ccc2nsnc12. The van der Waals surface area contributed by atoms with Gasteiger partial charge < -0.3 is 10.1 Å². The Hall–Kier alpha value is -0.910. The number of nitrogens with one attached hydrogen (secondary N) is 1. The average molecular weight is 258 g/mol. The topological polar surface area (TPSA) is 47.0 Å². The van der Waals surface area contributed by atoms with Crippen LogP contribution in [0.2, 0.25) is 5.02 Å². The molecule has 2 rings (SSSR count). The van der Waals surface area contributed by atoms with Crippen LogP contribution >= 0.6 is 23.3 Å². The summed E-state index contributed by atoms with van der Waals surface area (Å²) in [6.07, 6.45) is 0. The van der Waals surface area contributed by atoms with Gasteiger partial charge in [0.05, 0.1) is 29.0 Å². The maximum atomic E-state index is 6.11. The molecule has 0 aliphatic heterocycles. The van der Waals surface area contributed by atoms with Crippen molar-refractivity contribution < 1.29 is 4.74 Å². The number of aromatic nitrogens is 2. The lowest BCUT2D eigenvalue weighted by Crippen LogP contribution is -2.09. The molecule has 0 saturated heterocycles. The van der Waals surface area contributed by atoms with Gasteiger partial charge in [0, 0.05) is 13.2 Å². The van der Waals surface area contributed by atoms with Crippen molar-refractivity contribution in [1.29, 1.82) is 0 Å². The van der Waals surface area contributed by atoms with Crippen molar-refractivity contribution in [2.75, 3.05) is 25.1 Å². The van der Waals surface area contributed by atoms with Gasteiger partial charge in [-0.3, -0.25) is 0 Å². The van der Waals surface area contributed by atoms with Gasteiger partial charge in [0.25, 0.3) is 0 Å². The van der Waals surface area contributed by atoms with Crippen LogP contribution in [0.15, 0.2) is 12.1 Å². The molecule has 86 valence electrons. The highest BCUT2D eigenvalue weighted by Crippen LogP contribution is 2.29. The second kappa shape index (κ2) is 5.43. The van der Waals surface area contributed by atoms with Crippen molar-refractivity contribution in [2.45, 2.75) is 6.92 Å². The van der Waals surface area contributed by atoms with Crippen LogP contribution in [0.1, 0.15) is 6.92 Å². The molecule has 0 aliphatic carbocycles. The van der Waals surface area contributed by atoms with Crippen molar-refractivity contribution >= 4 is 40.0 Å². The molecule has 0 unspecified atom stereocenters. The zero-order valence-corrected chi connectivity index (χ0v) is 10.4. The molecule has 0 amide bonds. The van der Waals surface area contributed by atoms with E-state index in [9.17, 15) is 0 Å². The predicted octanol–water partition coefficient (Wildman–Crippen LogP) is 2.79. The lowest BCUT2D eigenvalue weighted by atomic mass is 10.2. The second-order valence-corrected chi connectivity index (χ2v) is 4.11. The third-order valence-corrected chi connectivity index (χ3v) is 2.99. The van der Waals surface area contributed by atoms with Gasteiger partial charge >= 0.3 is 0 Å². The Morgan fingerprint density at radius 2 is 2.31 bits per heavy atom. The molecular formula is C10H12ClN3OS. The summed E-state index contributed by atoms with van der Waals surface area (Å²) >= 11 is 7.30. The van der Waals surface area contributed by atoms with Gasteiger partial charge in [0.15, 0.2) is 0 Å². The average Bonchev–Trinajstić information content (AvgIpc) is 2.75. The molecule has 0 spiro atoms. The van der Waals surface area contributed by atoms with Gasteiger partial charge in [0.1, 0.15) is 11.0 Å². The third-order valence-electron chi connectivity index (χ3n) is 2.13. The van der Waals surface area contributed by atoms with Gasteiger partial charge in [0.2, 0.25) is 0 Å². The lowest BCUT2D eigenvalue weighted by molar-refractivity contribution is 0.158. The predicted molar refractivity (Wildman–Crippen MR) is 67.4 cm³/mol. The van der Waals surface area contributed by atoms with Crippen LogP contribution in [0, 0.1) is 0 Å². The molecule has 0 radical (unpaired) electrons. The Kier molecular flexibility index (Phi) is 3.93. The summed E-state index contributed by atoms with van der Waals surface area (Å²) < 4.78 is 13.6. The standard InChI is InChI=1S/C10H12ClN3OS/c1-2-15-6-5-12-9-7(11)3-4-8-10(9)14-16-13-8/h3-4,12H,2,5-6H2,1H3. The first-order valence-electron chi connectivity index (χ1n) is 5.05. The van der Waals surface area contributed by atoms with Crippen LogP contribution in [0.25, 0.3) is 11.0 Å². The number of ether oxygens (including phenoxy) is 1. The molecule has 16 heavy (non-hydrogen) atoms. The van der Waals surface area contributed by atoms with E-state index in [1.54, 1.807) is 0 Å². The number of hydrogen-bond acceptors (Lipinski definition) is 5. The Balaban J connectivity index is 2.15. The summed E-state index contributed by atoms with van der Waals surface area (Å²) in [4.78, 5) is 0. The zero-order valence-electron chi connectivity index (χ0n) is 8.86. The summed E-state index contributed by atoms with van der Waals surface area (Å²) in [5.74, 6) is 0. The van der Waals surface area contributed by atoms with E-state index >= 15 is 0 Å². The summed E-state index contributed by atoms with van der Waals surface area (Å²) in [7, 11) is 0. The van der Waals surface area contributed by atoms with E-state index in [0.717, 1.165) is 23.3 Å². The molecule has 1 heterocycles. The molecule has 1 aromatic heterocycles.